The maximum atomic E-state index is 12.2. The lowest BCUT2D eigenvalue weighted by molar-refractivity contribution is 0.0594. The van der Waals surface area contributed by atoms with Crippen molar-refractivity contribution >= 4 is 64.9 Å². The largest absolute Gasteiger partial charge is 0.464 e. The minimum Gasteiger partial charge on any atom is -0.464 e. The van der Waals surface area contributed by atoms with Crippen LogP contribution in [0.3, 0.4) is 0 Å². The zero-order valence-electron chi connectivity index (χ0n) is 32.9. The predicted molar refractivity (Wildman–Crippen MR) is 227 cm³/mol. The Kier molecular flexibility index (Phi) is 15.2. The second kappa shape index (κ2) is 19.9. The first-order valence-electron chi connectivity index (χ1n) is 17.4. The summed E-state index contributed by atoms with van der Waals surface area (Å²) in [7, 11) is -5.43. The maximum Gasteiger partial charge on any atom is 0.360 e. The number of methoxy groups -OCH3 is 1. The molecular weight excluding hydrogens is 899 g/mol. The highest BCUT2D eigenvalue weighted by Gasteiger charge is 2.21. The van der Waals surface area contributed by atoms with Crippen LogP contribution in [0.15, 0.2) is 85.9 Å². The number of amides is 1. The van der Waals surface area contributed by atoms with Crippen LogP contribution in [0.5, 0.6) is 0 Å². The summed E-state index contributed by atoms with van der Waals surface area (Å²) in [6.45, 7) is 6.50. The number of aromatic nitrogens is 8. The Bertz CT molecular complexity index is 2820. The highest BCUT2D eigenvalue weighted by atomic mass is 79.9. The molecule has 0 atom stereocenters. The molecule has 0 aliphatic rings. The van der Waals surface area contributed by atoms with E-state index in [4.69, 9.17) is 33.9 Å². The van der Waals surface area contributed by atoms with Gasteiger partial charge in [0, 0.05) is 11.1 Å². The molecule has 0 saturated carbocycles. The number of nitrogens with two attached hydrogens (primary N) is 4. The molecule has 4 heterocycles. The average molecular weight is 937 g/mol. The van der Waals surface area contributed by atoms with E-state index < -0.39 is 42.1 Å². The van der Waals surface area contributed by atoms with Crippen molar-refractivity contribution in [2.45, 2.75) is 48.0 Å². The summed E-state index contributed by atoms with van der Waals surface area (Å²) in [5.41, 5.74) is 21.0. The first kappa shape index (κ1) is 46.7. The second-order valence-corrected chi connectivity index (χ2v) is 18.5. The smallest absolute Gasteiger partial charge is 0.360 e. The number of hydrogen-bond donors (Lipinski definition) is 5. The van der Waals surface area contributed by atoms with Crippen molar-refractivity contribution in [1.29, 1.82) is 0 Å². The van der Waals surface area contributed by atoms with Gasteiger partial charge in [-0.2, -0.15) is 0 Å². The molecule has 0 unspecified atom stereocenters. The van der Waals surface area contributed by atoms with Gasteiger partial charge in [0.15, 0.2) is 54.2 Å². The molecule has 6 rings (SSSR count). The SMILES string of the molecule is C#Cc1nnc(-c2nc(-c3ccc(S(=O)(=O)C(C)C)cc3)cnc2N)o1.CC(C)S(=O)(=O)c1ccc(-c2cnc(N)c(C(=O)NN)n2)cc1.COC(=O)c1nc(Br)cnc1N. The van der Waals surface area contributed by atoms with E-state index in [9.17, 15) is 26.4 Å². The number of benzene rings is 2. The van der Waals surface area contributed by atoms with Crippen molar-refractivity contribution < 1.29 is 35.6 Å². The molecule has 2 aromatic carbocycles. The third kappa shape index (κ3) is 11.2. The number of hydrazine groups is 1. The van der Waals surface area contributed by atoms with E-state index in [1.54, 1.807) is 52.0 Å². The number of esters is 1. The van der Waals surface area contributed by atoms with Crippen LogP contribution in [0.1, 0.15) is 54.6 Å². The summed E-state index contributed by atoms with van der Waals surface area (Å²) >= 11 is 3.06. The molecule has 0 fully saturated rings. The molecule has 0 aliphatic heterocycles. The quantitative estimate of drug-likeness (QED) is 0.0457. The lowest BCUT2D eigenvalue weighted by Crippen LogP contribution is -2.31. The fraction of sp³-hybridized carbons (Fsp3) is 0.189. The summed E-state index contributed by atoms with van der Waals surface area (Å²) < 4.78 is 58.7. The minimum absolute atomic E-state index is 0.00912. The highest BCUT2D eigenvalue weighted by Crippen LogP contribution is 2.27. The summed E-state index contributed by atoms with van der Waals surface area (Å²) in [6, 6.07) is 12.5. The van der Waals surface area contributed by atoms with Gasteiger partial charge in [-0.25, -0.2) is 57.4 Å². The normalized spacial score (nSPS) is 11.1. The van der Waals surface area contributed by atoms with Gasteiger partial charge in [-0.15, -0.1) is 11.5 Å². The Morgan fingerprint density at radius 3 is 1.67 bits per heavy atom. The zero-order chi connectivity index (χ0) is 45.2. The topological polar surface area (TPSA) is 344 Å². The Labute approximate surface area is 358 Å². The molecule has 0 spiro atoms. The summed E-state index contributed by atoms with van der Waals surface area (Å²) in [5.74, 6) is 6.24. The standard InChI is InChI=1S/C17H15N5O3S.C14H17N5O3S.C6H6BrN3O2/c1-4-14-21-22-17(25-14)15-16(18)19-9-13(20-15)11-5-7-12(8-6-11)26(23,24)10(2)3;1-8(2)23(21,22)10-5-3-9(4-6-10)11-7-17-13(15)12(18-11)14(20)19-16;1-12-6(11)4-5(8)9-2-3(7)10-4/h1,5-10H,2-3H3,(H2,18,19);3-8H,16H2,1-2H3,(H2,15,17)(H,19,20);2H,1H3,(H2,8,9). The van der Waals surface area contributed by atoms with Crippen LogP contribution in [0.2, 0.25) is 0 Å². The number of nitrogens with one attached hydrogen (secondary N) is 1. The lowest BCUT2D eigenvalue weighted by Gasteiger charge is -2.09. The number of nitrogens with zero attached hydrogens (tertiary/aromatic N) is 8. The lowest BCUT2D eigenvalue weighted by atomic mass is 10.1. The van der Waals surface area contributed by atoms with Crippen molar-refractivity contribution in [2.75, 3.05) is 24.3 Å². The number of hydrogen-bond acceptors (Lipinski definition) is 20. The Balaban J connectivity index is 0.000000215. The van der Waals surface area contributed by atoms with Gasteiger partial charge in [0.2, 0.25) is 0 Å². The van der Waals surface area contributed by atoms with Crippen LogP contribution < -0.4 is 28.5 Å². The van der Waals surface area contributed by atoms with Crippen LogP contribution in [-0.2, 0) is 24.4 Å². The van der Waals surface area contributed by atoms with Gasteiger partial charge in [-0.1, -0.05) is 29.4 Å². The number of anilines is 3. The van der Waals surface area contributed by atoms with E-state index in [1.807, 2.05) is 5.43 Å². The first-order chi connectivity index (χ1) is 28.7. The fourth-order valence-electron chi connectivity index (χ4n) is 4.64. The molecule has 318 valence electrons. The van der Waals surface area contributed by atoms with Gasteiger partial charge >= 0.3 is 5.97 Å². The number of halogens is 1. The molecule has 6 aromatic rings. The molecule has 4 aromatic heterocycles. The van der Waals surface area contributed by atoms with Crippen molar-refractivity contribution in [3.8, 4) is 46.4 Å². The van der Waals surface area contributed by atoms with Crippen LogP contribution in [-0.4, -0.2) is 86.4 Å². The van der Waals surface area contributed by atoms with E-state index in [2.05, 4.69) is 66.7 Å². The van der Waals surface area contributed by atoms with E-state index >= 15 is 0 Å². The molecule has 0 bridgehead atoms. The third-order valence-electron chi connectivity index (χ3n) is 8.05. The molecule has 0 radical (unpaired) electrons. The van der Waals surface area contributed by atoms with Crippen molar-refractivity contribution in [3.63, 3.8) is 0 Å². The molecule has 24 heteroatoms. The Hall–Kier alpha value is -6.94. The molecule has 0 aliphatic carbocycles. The number of rotatable bonds is 9. The molecule has 0 saturated heterocycles. The zero-order valence-corrected chi connectivity index (χ0v) is 36.1. The van der Waals surface area contributed by atoms with Crippen LogP contribution in [0.4, 0.5) is 17.5 Å². The molecule has 21 nitrogen and oxygen atoms in total. The van der Waals surface area contributed by atoms with Gasteiger partial charge in [0.25, 0.3) is 17.7 Å². The second-order valence-electron chi connectivity index (χ2n) is 12.7. The fourth-order valence-corrected chi connectivity index (χ4v) is 7.04. The van der Waals surface area contributed by atoms with Crippen LogP contribution in [0, 0.1) is 12.3 Å². The molecule has 1 amide bonds. The van der Waals surface area contributed by atoms with Gasteiger partial charge in [-0.05, 0) is 73.8 Å². The first-order valence-corrected chi connectivity index (χ1v) is 21.2. The van der Waals surface area contributed by atoms with Crippen LogP contribution >= 0.6 is 15.9 Å². The molecule has 9 N–H and O–H groups in total. The Morgan fingerprint density at radius 1 is 0.738 bits per heavy atom. The Morgan fingerprint density at radius 2 is 1.21 bits per heavy atom. The number of sulfone groups is 2. The number of carbonyl (C=O) groups is 2. The third-order valence-corrected chi connectivity index (χ3v) is 12.8. The van der Waals surface area contributed by atoms with Gasteiger partial charge in [0.05, 0.1) is 57.4 Å². The van der Waals surface area contributed by atoms with Crippen molar-refractivity contribution in [1.82, 2.24) is 45.5 Å². The van der Waals surface area contributed by atoms with E-state index in [0.29, 0.717) is 27.1 Å². The number of carbonyl (C=O) groups excluding carboxylic acids is 2. The van der Waals surface area contributed by atoms with Gasteiger partial charge in [0.1, 0.15) is 4.60 Å². The summed E-state index contributed by atoms with van der Waals surface area (Å²) in [4.78, 5) is 47.0. The van der Waals surface area contributed by atoms with Gasteiger partial charge in [-0.3, -0.25) is 10.2 Å². The maximum absolute atomic E-state index is 12.2. The van der Waals surface area contributed by atoms with Crippen LogP contribution in [0.25, 0.3) is 34.1 Å². The number of nitrogen functional groups attached to an aromatic ring is 4. The number of terminal acetylenes is 1. The number of ether oxygens (including phenoxy) is 1. The summed E-state index contributed by atoms with van der Waals surface area (Å²) in [5, 5.41) is 6.45. The predicted octanol–water partition coefficient (Wildman–Crippen LogP) is 3.06. The minimum atomic E-state index is -3.34. The van der Waals surface area contributed by atoms with Crippen molar-refractivity contribution in [2.24, 2.45) is 5.84 Å². The van der Waals surface area contributed by atoms with E-state index in [-0.39, 0.29) is 56.1 Å². The van der Waals surface area contributed by atoms with E-state index in [0.717, 1.165) is 0 Å². The highest BCUT2D eigenvalue weighted by molar-refractivity contribution is 9.10. The van der Waals surface area contributed by atoms with E-state index in [1.165, 1.54) is 50.0 Å². The van der Waals surface area contributed by atoms with Gasteiger partial charge < -0.3 is 26.4 Å². The van der Waals surface area contributed by atoms with Crippen molar-refractivity contribution in [3.05, 3.63) is 89.0 Å². The molecule has 61 heavy (non-hydrogen) atoms. The molecular formula is C37H38BrN13O8S2. The monoisotopic (exact) mass is 935 g/mol. The average Bonchev–Trinajstić information content (AvgIpc) is 3.74. The summed E-state index contributed by atoms with van der Waals surface area (Å²) in [6.07, 6.45) is 9.49.